The second kappa shape index (κ2) is 16.0. The third-order valence-corrected chi connectivity index (χ3v) is 5.67. The van der Waals surface area contributed by atoms with E-state index in [0.717, 1.165) is 0 Å². The zero-order valence-electron chi connectivity index (χ0n) is 22.3. The fraction of sp³-hybridized carbons (Fsp3) is 0.417. The first-order valence-corrected chi connectivity index (χ1v) is 12.5. The summed E-state index contributed by atoms with van der Waals surface area (Å²) in [7, 11) is 0. The molecular weight excluding hydrogens is 560 g/mol. The molecule has 1 heterocycles. The van der Waals surface area contributed by atoms with Crippen LogP contribution in [0.3, 0.4) is 0 Å². The zero-order valence-corrected chi connectivity index (χ0v) is 22.3. The molecule has 18 heteroatoms. The number of aliphatic imine (C=N–C) groups is 1. The van der Waals surface area contributed by atoms with E-state index in [9.17, 15) is 43.8 Å². The number of nitrogens with two attached hydrogens (primary N) is 2. The lowest BCUT2D eigenvalue weighted by Gasteiger charge is -2.20. The molecule has 0 spiro atoms. The predicted molar refractivity (Wildman–Crippen MR) is 142 cm³/mol. The Morgan fingerprint density at radius 2 is 1.74 bits per heavy atom. The highest BCUT2D eigenvalue weighted by Crippen LogP contribution is 2.11. The van der Waals surface area contributed by atoms with E-state index in [1.165, 1.54) is 0 Å². The van der Waals surface area contributed by atoms with Crippen molar-refractivity contribution in [2.24, 2.45) is 16.5 Å². The number of nitrogens with zero attached hydrogens (tertiary/aromatic N) is 2. The number of rotatable bonds is 16. The molecule has 1 aliphatic heterocycles. The summed E-state index contributed by atoms with van der Waals surface area (Å²) in [6.07, 6.45) is -1.46. The van der Waals surface area contributed by atoms with Gasteiger partial charge in [-0.05, 0) is 18.4 Å². The summed E-state index contributed by atoms with van der Waals surface area (Å²) in [5.74, 6) is -5.98. The SMILES string of the molecule is NC(N)=NCCC[C@@H]1NC(=O)N(CC(=O)N[C@@H](CC(=O)O)C(=O)NC[C@H](NC(=O)OCc2ccccc2)C(=O)O)C1=O. The number of carboxylic acid groups (broad SMARTS) is 2. The van der Waals surface area contributed by atoms with Crippen LogP contribution in [0.15, 0.2) is 35.3 Å². The van der Waals surface area contributed by atoms with E-state index >= 15 is 0 Å². The smallest absolute Gasteiger partial charge is 0.408 e. The standard InChI is InChI=1S/C24H32N8O10/c25-22(26)27-8-4-7-14-20(37)32(23(40)30-14)11-17(33)29-15(9-18(34)35)19(36)28-10-16(21(38)39)31-24(41)42-12-13-5-2-1-3-6-13/h1-3,5-6,14-16H,4,7-12H2,(H,28,36)(H,29,33)(H,30,40)(H,31,41)(H,34,35)(H,38,39)(H4,25,26,27)/t14-,15-,16-/m0/s1. The molecule has 1 aliphatic rings. The maximum Gasteiger partial charge on any atom is 0.408 e. The molecule has 1 fully saturated rings. The summed E-state index contributed by atoms with van der Waals surface area (Å²) in [6.45, 7) is -1.43. The highest BCUT2D eigenvalue weighted by atomic mass is 16.5. The summed E-state index contributed by atoms with van der Waals surface area (Å²) in [5.41, 5.74) is 11.1. The Kier molecular flexibility index (Phi) is 12.5. The van der Waals surface area contributed by atoms with Crippen LogP contribution in [0.25, 0.3) is 0 Å². The van der Waals surface area contributed by atoms with Crippen molar-refractivity contribution in [3.05, 3.63) is 35.9 Å². The molecule has 0 unspecified atom stereocenters. The van der Waals surface area contributed by atoms with Crippen LogP contribution in [0.2, 0.25) is 0 Å². The van der Waals surface area contributed by atoms with Gasteiger partial charge < -0.3 is 47.7 Å². The Balaban J connectivity index is 1.91. The number of benzene rings is 1. The monoisotopic (exact) mass is 592 g/mol. The molecule has 1 aromatic rings. The first kappa shape index (κ1) is 32.8. The summed E-state index contributed by atoms with van der Waals surface area (Å²) >= 11 is 0. The molecule has 0 aliphatic carbocycles. The van der Waals surface area contributed by atoms with Gasteiger partial charge in [-0.2, -0.15) is 0 Å². The molecule has 1 aromatic carbocycles. The average Bonchev–Trinajstić information content (AvgIpc) is 3.19. The van der Waals surface area contributed by atoms with Crippen molar-refractivity contribution < 1.29 is 48.5 Å². The number of imide groups is 1. The number of hydrogen-bond donors (Lipinski definition) is 8. The van der Waals surface area contributed by atoms with E-state index in [0.29, 0.717) is 16.9 Å². The molecule has 0 saturated carbocycles. The maximum atomic E-state index is 12.6. The van der Waals surface area contributed by atoms with Gasteiger partial charge in [-0.25, -0.2) is 14.4 Å². The van der Waals surface area contributed by atoms with E-state index in [1.807, 2.05) is 0 Å². The molecule has 2 rings (SSSR count). The topological polar surface area (TPSA) is 285 Å². The molecular formula is C24H32N8O10. The molecule has 228 valence electrons. The highest BCUT2D eigenvalue weighted by molar-refractivity contribution is 6.06. The molecule has 6 amide bonds. The van der Waals surface area contributed by atoms with Gasteiger partial charge in [-0.3, -0.25) is 29.1 Å². The number of carboxylic acids is 2. The van der Waals surface area contributed by atoms with Gasteiger partial charge in [0.1, 0.15) is 31.3 Å². The van der Waals surface area contributed by atoms with Gasteiger partial charge in [0.05, 0.1) is 6.42 Å². The van der Waals surface area contributed by atoms with E-state index < -0.39 is 79.4 Å². The van der Waals surface area contributed by atoms with Gasteiger partial charge in [0.2, 0.25) is 11.8 Å². The first-order valence-electron chi connectivity index (χ1n) is 12.5. The number of carbonyl (C=O) groups excluding carboxylic acids is 5. The third kappa shape index (κ3) is 11.0. The van der Waals surface area contributed by atoms with Gasteiger partial charge in [-0.1, -0.05) is 30.3 Å². The summed E-state index contributed by atoms with van der Waals surface area (Å²) in [4.78, 5) is 89.1. The predicted octanol–water partition coefficient (Wildman–Crippen LogP) is -2.58. The number of alkyl carbamates (subject to hydrolysis) is 1. The summed E-state index contributed by atoms with van der Waals surface area (Å²) in [6, 6.07) is 3.39. The number of ether oxygens (including phenoxy) is 1. The van der Waals surface area contributed by atoms with Gasteiger partial charge in [0.25, 0.3) is 5.91 Å². The lowest BCUT2D eigenvalue weighted by atomic mass is 10.1. The minimum Gasteiger partial charge on any atom is -0.481 e. The van der Waals surface area contributed by atoms with Crippen molar-refractivity contribution in [2.45, 2.75) is 44.0 Å². The summed E-state index contributed by atoms with van der Waals surface area (Å²) < 4.78 is 4.95. The number of amides is 6. The van der Waals surface area contributed by atoms with E-state index in [4.69, 9.17) is 16.2 Å². The first-order chi connectivity index (χ1) is 19.9. The Hall–Kier alpha value is -5.42. The van der Waals surface area contributed by atoms with Crippen LogP contribution in [0.1, 0.15) is 24.8 Å². The molecule has 0 bridgehead atoms. The minimum absolute atomic E-state index is 0.133. The second-order valence-corrected chi connectivity index (χ2v) is 8.94. The fourth-order valence-electron chi connectivity index (χ4n) is 3.63. The van der Waals surface area contributed by atoms with Crippen LogP contribution < -0.4 is 32.7 Å². The van der Waals surface area contributed by atoms with Crippen molar-refractivity contribution in [1.82, 2.24) is 26.2 Å². The van der Waals surface area contributed by atoms with Crippen molar-refractivity contribution in [2.75, 3.05) is 19.6 Å². The van der Waals surface area contributed by atoms with Crippen LogP contribution in [-0.2, 0) is 35.3 Å². The lowest BCUT2D eigenvalue weighted by Crippen LogP contribution is -2.54. The number of aliphatic carboxylic acids is 2. The van der Waals surface area contributed by atoms with Gasteiger partial charge in [0.15, 0.2) is 5.96 Å². The number of guanidine groups is 1. The summed E-state index contributed by atoms with van der Waals surface area (Å²) in [5, 5.41) is 27.3. The molecule has 1 saturated heterocycles. The number of carbonyl (C=O) groups is 7. The Labute approximate surface area is 238 Å². The van der Waals surface area contributed by atoms with Gasteiger partial charge >= 0.3 is 24.1 Å². The van der Waals surface area contributed by atoms with Crippen molar-refractivity contribution >= 4 is 47.7 Å². The van der Waals surface area contributed by atoms with Crippen LogP contribution in [0.4, 0.5) is 9.59 Å². The molecule has 0 aromatic heterocycles. The zero-order chi connectivity index (χ0) is 31.2. The Bertz CT molecular complexity index is 1200. The molecule has 18 nitrogen and oxygen atoms in total. The van der Waals surface area contributed by atoms with E-state index in [2.05, 4.69) is 26.3 Å². The minimum atomic E-state index is -1.70. The van der Waals surface area contributed by atoms with Crippen molar-refractivity contribution in [3.63, 3.8) is 0 Å². The molecule has 3 atom stereocenters. The van der Waals surface area contributed by atoms with Crippen LogP contribution in [0.5, 0.6) is 0 Å². The largest absolute Gasteiger partial charge is 0.481 e. The second-order valence-electron chi connectivity index (χ2n) is 8.94. The molecule has 0 radical (unpaired) electrons. The van der Waals surface area contributed by atoms with Crippen molar-refractivity contribution in [3.8, 4) is 0 Å². The number of urea groups is 1. The van der Waals surface area contributed by atoms with Gasteiger partial charge in [-0.15, -0.1) is 0 Å². The fourth-order valence-corrected chi connectivity index (χ4v) is 3.63. The van der Waals surface area contributed by atoms with Gasteiger partial charge in [0, 0.05) is 13.1 Å². The number of hydrogen-bond acceptors (Lipinski definition) is 9. The van der Waals surface area contributed by atoms with Crippen LogP contribution in [0, 0.1) is 0 Å². The van der Waals surface area contributed by atoms with Crippen molar-refractivity contribution in [1.29, 1.82) is 0 Å². The molecule has 10 N–H and O–H groups in total. The average molecular weight is 593 g/mol. The number of nitrogens with one attached hydrogen (secondary N) is 4. The maximum absolute atomic E-state index is 12.6. The van der Waals surface area contributed by atoms with Crippen LogP contribution in [-0.4, -0.2) is 101 Å². The molecule has 42 heavy (non-hydrogen) atoms. The third-order valence-electron chi connectivity index (χ3n) is 5.67. The van der Waals surface area contributed by atoms with E-state index in [1.54, 1.807) is 30.3 Å². The highest BCUT2D eigenvalue weighted by Gasteiger charge is 2.39. The Morgan fingerprint density at radius 1 is 1.05 bits per heavy atom. The lowest BCUT2D eigenvalue weighted by molar-refractivity contribution is -0.142. The quantitative estimate of drug-likeness (QED) is 0.0425. The Morgan fingerprint density at radius 3 is 2.36 bits per heavy atom. The normalized spacial score (nSPS) is 15.5. The van der Waals surface area contributed by atoms with Crippen LogP contribution >= 0.6 is 0 Å². The van der Waals surface area contributed by atoms with E-state index in [-0.39, 0.29) is 25.5 Å².